The third-order valence-corrected chi connectivity index (χ3v) is 3.64. The zero-order chi connectivity index (χ0) is 17.1. The van der Waals surface area contributed by atoms with Gasteiger partial charge in [0.15, 0.2) is 0 Å². The van der Waals surface area contributed by atoms with Crippen molar-refractivity contribution in [1.82, 2.24) is 20.2 Å². The van der Waals surface area contributed by atoms with Gasteiger partial charge in [-0.1, -0.05) is 0 Å². The number of carbonyl (C=O) groups is 1. The number of phenols is 1. The van der Waals surface area contributed by atoms with Gasteiger partial charge in [-0.2, -0.15) is 10.2 Å². The number of aromatic amines is 1. The SMILES string of the molecule is C/C(=N/NC(=O)c1cc(-c2cccn2C)n[nH]1)c1ccc(O)cc1. The fraction of sp³-hybridized carbons (Fsp3) is 0.118. The van der Waals surface area contributed by atoms with Crippen molar-refractivity contribution in [2.45, 2.75) is 6.92 Å². The Morgan fingerprint density at radius 3 is 2.71 bits per heavy atom. The molecule has 0 fully saturated rings. The molecule has 7 heteroatoms. The summed E-state index contributed by atoms with van der Waals surface area (Å²) in [6.45, 7) is 1.77. The number of aromatic hydroxyl groups is 1. The minimum Gasteiger partial charge on any atom is -0.508 e. The number of phenolic OH excluding ortho intramolecular Hbond substituents is 1. The molecule has 1 amide bonds. The molecule has 0 saturated carbocycles. The molecule has 0 atom stereocenters. The van der Waals surface area contributed by atoms with Gasteiger partial charge >= 0.3 is 0 Å². The van der Waals surface area contributed by atoms with Crippen molar-refractivity contribution < 1.29 is 9.90 Å². The highest BCUT2D eigenvalue weighted by atomic mass is 16.3. The average molecular weight is 323 g/mol. The Bertz CT molecular complexity index is 890. The molecule has 3 rings (SSSR count). The topological polar surface area (TPSA) is 95.3 Å². The second kappa shape index (κ2) is 6.41. The first-order chi connectivity index (χ1) is 11.5. The van der Waals surface area contributed by atoms with E-state index in [0.29, 0.717) is 17.1 Å². The lowest BCUT2D eigenvalue weighted by Gasteiger charge is -2.02. The van der Waals surface area contributed by atoms with Crippen molar-refractivity contribution in [3.05, 3.63) is 59.9 Å². The van der Waals surface area contributed by atoms with E-state index in [1.165, 1.54) is 0 Å². The molecule has 0 spiro atoms. The van der Waals surface area contributed by atoms with Crippen LogP contribution in [0.15, 0.2) is 53.8 Å². The predicted molar refractivity (Wildman–Crippen MR) is 90.8 cm³/mol. The van der Waals surface area contributed by atoms with E-state index in [1.54, 1.807) is 37.3 Å². The second-order valence-corrected chi connectivity index (χ2v) is 5.36. The maximum atomic E-state index is 12.2. The molecule has 0 radical (unpaired) electrons. The lowest BCUT2D eigenvalue weighted by molar-refractivity contribution is 0.0950. The molecule has 0 unspecified atom stereocenters. The van der Waals surface area contributed by atoms with Gasteiger partial charge in [-0.25, -0.2) is 5.43 Å². The number of rotatable bonds is 4. The van der Waals surface area contributed by atoms with Crippen molar-refractivity contribution in [2.75, 3.05) is 0 Å². The molecule has 122 valence electrons. The summed E-state index contributed by atoms with van der Waals surface area (Å²) in [5.41, 5.74) is 5.86. The summed E-state index contributed by atoms with van der Waals surface area (Å²) in [7, 11) is 1.91. The molecular formula is C17H17N5O2. The Hall–Kier alpha value is -3.35. The van der Waals surface area contributed by atoms with Gasteiger partial charge in [-0.3, -0.25) is 9.89 Å². The number of hydrogen-bond acceptors (Lipinski definition) is 4. The Morgan fingerprint density at radius 2 is 2.04 bits per heavy atom. The first-order valence-electron chi connectivity index (χ1n) is 7.36. The van der Waals surface area contributed by atoms with Gasteiger partial charge in [-0.15, -0.1) is 0 Å². The Morgan fingerprint density at radius 1 is 1.29 bits per heavy atom. The first-order valence-corrected chi connectivity index (χ1v) is 7.36. The van der Waals surface area contributed by atoms with Crippen LogP contribution in [0, 0.1) is 0 Å². The minimum absolute atomic E-state index is 0.182. The second-order valence-electron chi connectivity index (χ2n) is 5.36. The number of benzene rings is 1. The normalized spacial score (nSPS) is 11.5. The van der Waals surface area contributed by atoms with Crippen LogP contribution in [0.2, 0.25) is 0 Å². The number of aryl methyl sites for hydroxylation is 1. The number of nitrogens with zero attached hydrogens (tertiary/aromatic N) is 3. The van der Waals surface area contributed by atoms with Gasteiger partial charge in [0.25, 0.3) is 5.91 Å². The molecule has 1 aromatic carbocycles. The van der Waals surface area contributed by atoms with Crippen LogP contribution in [-0.4, -0.2) is 31.5 Å². The van der Waals surface area contributed by atoms with Gasteiger partial charge in [0.1, 0.15) is 17.1 Å². The quantitative estimate of drug-likeness (QED) is 0.508. The van der Waals surface area contributed by atoms with E-state index in [0.717, 1.165) is 11.3 Å². The highest BCUT2D eigenvalue weighted by Crippen LogP contribution is 2.17. The summed E-state index contributed by atoms with van der Waals surface area (Å²) in [6.07, 6.45) is 1.91. The van der Waals surface area contributed by atoms with E-state index < -0.39 is 0 Å². The third kappa shape index (κ3) is 3.19. The number of aromatic nitrogens is 3. The van der Waals surface area contributed by atoms with Crippen molar-refractivity contribution in [1.29, 1.82) is 0 Å². The van der Waals surface area contributed by atoms with Gasteiger partial charge in [0.2, 0.25) is 0 Å². The van der Waals surface area contributed by atoms with E-state index in [2.05, 4.69) is 20.7 Å². The zero-order valence-electron chi connectivity index (χ0n) is 13.3. The van der Waals surface area contributed by atoms with E-state index in [-0.39, 0.29) is 11.7 Å². The van der Waals surface area contributed by atoms with Crippen LogP contribution in [0.3, 0.4) is 0 Å². The van der Waals surface area contributed by atoms with Gasteiger partial charge in [0, 0.05) is 13.2 Å². The summed E-state index contributed by atoms with van der Waals surface area (Å²) >= 11 is 0. The van der Waals surface area contributed by atoms with Crippen LogP contribution < -0.4 is 5.43 Å². The molecule has 24 heavy (non-hydrogen) atoms. The molecule has 0 aliphatic carbocycles. The maximum Gasteiger partial charge on any atom is 0.289 e. The number of hydrazone groups is 1. The highest BCUT2D eigenvalue weighted by Gasteiger charge is 2.12. The Labute approximate surface area is 138 Å². The molecular weight excluding hydrogens is 306 g/mol. The number of nitrogens with one attached hydrogen (secondary N) is 2. The first kappa shape index (κ1) is 15.5. The number of amides is 1. The van der Waals surface area contributed by atoms with E-state index >= 15 is 0 Å². The summed E-state index contributed by atoms with van der Waals surface area (Å²) in [4.78, 5) is 12.2. The molecule has 3 aromatic rings. The lowest BCUT2D eigenvalue weighted by atomic mass is 10.1. The van der Waals surface area contributed by atoms with Crippen molar-refractivity contribution >= 4 is 11.6 Å². The molecule has 0 aliphatic heterocycles. The van der Waals surface area contributed by atoms with Crippen LogP contribution in [0.25, 0.3) is 11.4 Å². The van der Waals surface area contributed by atoms with E-state index in [1.807, 2.05) is 29.9 Å². The average Bonchev–Trinajstić information content (AvgIpc) is 3.21. The monoisotopic (exact) mass is 323 g/mol. The standard InChI is InChI=1S/C17H17N5O2/c1-11(12-5-7-13(23)8-6-12)18-21-17(24)15-10-14(19-20-15)16-4-3-9-22(16)2/h3-10,23H,1-2H3,(H,19,20)(H,21,24)/b18-11-. The zero-order valence-corrected chi connectivity index (χ0v) is 13.3. The van der Waals surface area contributed by atoms with E-state index in [9.17, 15) is 9.90 Å². The Balaban J connectivity index is 1.71. The largest absolute Gasteiger partial charge is 0.508 e. The number of hydrogen-bond donors (Lipinski definition) is 3. The van der Waals surface area contributed by atoms with Gasteiger partial charge < -0.3 is 9.67 Å². The smallest absolute Gasteiger partial charge is 0.289 e. The summed E-state index contributed by atoms with van der Waals surface area (Å²) in [5, 5.41) is 20.2. The van der Waals surface area contributed by atoms with Crippen molar-refractivity contribution in [3.63, 3.8) is 0 Å². The Kier molecular flexibility index (Phi) is 4.15. The summed E-state index contributed by atoms with van der Waals surface area (Å²) in [6, 6.07) is 12.1. The fourth-order valence-electron chi connectivity index (χ4n) is 2.26. The van der Waals surface area contributed by atoms with Crippen molar-refractivity contribution in [3.8, 4) is 17.1 Å². The molecule has 7 nitrogen and oxygen atoms in total. The van der Waals surface area contributed by atoms with Crippen LogP contribution in [0.4, 0.5) is 0 Å². The minimum atomic E-state index is -0.374. The van der Waals surface area contributed by atoms with Crippen molar-refractivity contribution in [2.24, 2.45) is 12.1 Å². The van der Waals surface area contributed by atoms with Crippen LogP contribution in [0.5, 0.6) is 5.75 Å². The van der Waals surface area contributed by atoms with Crippen LogP contribution >= 0.6 is 0 Å². The molecule has 3 N–H and O–H groups in total. The maximum absolute atomic E-state index is 12.2. The molecule has 2 aromatic heterocycles. The lowest BCUT2D eigenvalue weighted by Crippen LogP contribution is -2.19. The highest BCUT2D eigenvalue weighted by molar-refractivity contribution is 6.00. The molecule has 0 bridgehead atoms. The summed E-state index contributed by atoms with van der Waals surface area (Å²) in [5.74, 6) is -0.192. The van der Waals surface area contributed by atoms with Gasteiger partial charge in [0.05, 0.1) is 11.4 Å². The van der Waals surface area contributed by atoms with Crippen LogP contribution in [-0.2, 0) is 7.05 Å². The summed E-state index contributed by atoms with van der Waals surface area (Å²) < 4.78 is 1.92. The molecule has 0 aliphatic rings. The molecule has 0 saturated heterocycles. The fourth-order valence-corrected chi connectivity index (χ4v) is 2.26. The molecule has 2 heterocycles. The van der Waals surface area contributed by atoms with E-state index in [4.69, 9.17) is 0 Å². The van der Waals surface area contributed by atoms with Crippen LogP contribution in [0.1, 0.15) is 23.0 Å². The number of carbonyl (C=O) groups excluding carboxylic acids is 1. The van der Waals surface area contributed by atoms with Gasteiger partial charge in [-0.05, 0) is 55.0 Å². The number of H-pyrrole nitrogens is 1. The third-order valence-electron chi connectivity index (χ3n) is 3.64. The predicted octanol–water partition coefficient (Wildman–Crippen LogP) is 2.27.